The maximum absolute atomic E-state index is 11.3. The largest absolute Gasteiger partial charge is 0.372 e. The van der Waals surface area contributed by atoms with Crippen LogP contribution in [-0.4, -0.2) is 24.1 Å². The average molecular weight is 320 g/mol. The number of hydrogen-bond donors (Lipinski definition) is 1. The van der Waals surface area contributed by atoms with Crippen LogP contribution in [0, 0.1) is 10.5 Å². The van der Waals surface area contributed by atoms with Crippen molar-refractivity contribution in [2.24, 2.45) is 0 Å². The molecule has 0 bridgehead atoms. The van der Waals surface area contributed by atoms with Gasteiger partial charge in [-0.25, -0.2) is 4.98 Å². The zero-order valence-corrected chi connectivity index (χ0v) is 10.9. The molecule has 0 aromatic carbocycles. The van der Waals surface area contributed by atoms with Crippen LogP contribution in [0.1, 0.15) is 12.5 Å². The summed E-state index contributed by atoms with van der Waals surface area (Å²) in [6.45, 7) is 4.36. The average Bonchev–Trinajstić information content (AvgIpc) is 2.19. The Hall–Kier alpha value is -0.690. The fourth-order valence-electron chi connectivity index (χ4n) is 1.03. The molecule has 0 spiro atoms. The van der Waals surface area contributed by atoms with Gasteiger partial charge in [-0.15, -0.1) is 0 Å². The second-order valence-electron chi connectivity index (χ2n) is 3.00. The van der Waals surface area contributed by atoms with Crippen molar-refractivity contribution in [3.8, 4) is 0 Å². The van der Waals surface area contributed by atoms with E-state index in [1.165, 1.54) is 0 Å². The lowest BCUT2D eigenvalue weighted by Gasteiger charge is -2.07. The van der Waals surface area contributed by atoms with Gasteiger partial charge in [0.15, 0.2) is 0 Å². The zero-order valence-electron chi connectivity index (χ0n) is 8.71. The highest BCUT2D eigenvalue weighted by Crippen LogP contribution is 2.13. The number of aryl methyl sites for hydroxylation is 1. The Kier molecular flexibility index (Phi) is 4.97. The van der Waals surface area contributed by atoms with E-state index in [4.69, 9.17) is 4.74 Å². The zero-order chi connectivity index (χ0) is 11.3. The Labute approximate surface area is 103 Å². The summed E-state index contributed by atoms with van der Waals surface area (Å²) in [6.07, 6.45) is 1.71. The number of anilines is 1. The number of rotatable bonds is 4. The van der Waals surface area contributed by atoms with Gasteiger partial charge in [0, 0.05) is 16.4 Å². The molecule has 0 radical (unpaired) electrons. The molecule has 1 N–H and O–H groups in total. The van der Waals surface area contributed by atoms with Gasteiger partial charge in [0.05, 0.1) is 0 Å². The number of nitrogens with zero attached hydrogens (tertiary/aromatic N) is 1. The molecule has 0 aliphatic heterocycles. The lowest BCUT2D eigenvalue weighted by atomic mass is 10.3. The smallest absolute Gasteiger partial charge is 0.251 e. The van der Waals surface area contributed by atoms with Gasteiger partial charge in [-0.3, -0.25) is 4.79 Å². The number of aromatic nitrogens is 1. The summed E-state index contributed by atoms with van der Waals surface area (Å²) in [5.74, 6) is 0.425. The molecule has 0 aliphatic rings. The molecule has 15 heavy (non-hydrogen) atoms. The highest BCUT2D eigenvalue weighted by atomic mass is 127. The number of nitrogens with one attached hydrogen (secondary N) is 1. The molecule has 1 amide bonds. The van der Waals surface area contributed by atoms with Gasteiger partial charge in [0.2, 0.25) is 0 Å². The summed E-state index contributed by atoms with van der Waals surface area (Å²) >= 11 is 2.18. The Morgan fingerprint density at radius 1 is 1.67 bits per heavy atom. The second-order valence-corrected chi connectivity index (χ2v) is 4.25. The summed E-state index contributed by atoms with van der Waals surface area (Å²) in [5.41, 5.74) is 0.951. The van der Waals surface area contributed by atoms with Crippen LogP contribution in [0.4, 0.5) is 5.82 Å². The van der Waals surface area contributed by atoms with E-state index in [1.54, 1.807) is 6.20 Å². The third-order valence-corrected chi connectivity index (χ3v) is 2.33. The Morgan fingerprint density at radius 2 is 2.40 bits per heavy atom. The number of ether oxygens (including phenoxy) is 1. The minimum Gasteiger partial charge on any atom is -0.372 e. The molecule has 0 unspecified atom stereocenters. The van der Waals surface area contributed by atoms with Crippen molar-refractivity contribution in [2.75, 3.05) is 18.5 Å². The number of carbonyl (C=O) groups excluding carboxylic acids is 1. The van der Waals surface area contributed by atoms with Gasteiger partial charge >= 0.3 is 0 Å². The lowest BCUT2D eigenvalue weighted by Crippen LogP contribution is -2.19. The van der Waals surface area contributed by atoms with E-state index in [0.717, 1.165) is 9.13 Å². The van der Waals surface area contributed by atoms with Crippen molar-refractivity contribution in [3.05, 3.63) is 21.4 Å². The molecule has 82 valence electrons. The first-order chi connectivity index (χ1) is 7.13. The van der Waals surface area contributed by atoms with E-state index in [9.17, 15) is 4.79 Å². The highest BCUT2D eigenvalue weighted by molar-refractivity contribution is 14.1. The van der Waals surface area contributed by atoms with E-state index in [0.29, 0.717) is 12.4 Å². The standard InChI is InChI=1S/C10H13IN2O2/c1-3-15-6-9(14)13-10-7(2)4-8(11)5-12-10/h4-5H,3,6H2,1-2H3,(H,12,13,14). The predicted octanol–water partition coefficient (Wildman–Crippen LogP) is 1.97. The molecule has 0 aliphatic carbocycles. The van der Waals surface area contributed by atoms with Crippen LogP contribution in [-0.2, 0) is 9.53 Å². The van der Waals surface area contributed by atoms with Gasteiger partial charge in [0.25, 0.3) is 5.91 Å². The molecular weight excluding hydrogens is 307 g/mol. The van der Waals surface area contributed by atoms with Crippen molar-refractivity contribution in [2.45, 2.75) is 13.8 Å². The second kappa shape index (κ2) is 6.02. The Bertz CT molecular complexity index is 355. The molecule has 0 saturated carbocycles. The molecule has 0 atom stereocenters. The number of hydrogen-bond acceptors (Lipinski definition) is 3. The first-order valence-corrected chi connectivity index (χ1v) is 5.71. The molecule has 4 nitrogen and oxygen atoms in total. The number of carbonyl (C=O) groups is 1. The fourth-order valence-corrected chi connectivity index (χ4v) is 1.64. The van der Waals surface area contributed by atoms with Crippen LogP contribution >= 0.6 is 22.6 Å². The summed E-state index contributed by atoms with van der Waals surface area (Å²) in [4.78, 5) is 15.5. The van der Waals surface area contributed by atoms with Crippen LogP contribution in [0.5, 0.6) is 0 Å². The first-order valence-electron chi connectivity index (χ1n) is 4.63. The topological polar surface area (TPSA) is 51.2 Å². The third kappa shape index (κ3) is 4.13. The molecule has 1 rings (SSSR count). The van der Waals surface area contributed by atoms with Crippen molar-refractivity contribution in [3.63, 3.8) is 0 Å². The van der Waals surface area contributed by atoms with Crippen molar-refractivity contribution in [1.82, 2.24) is 4.98 Å². The molecule has 1 aromatic heterocycles. The van der Waals surface area contributed by atoms with Crippen LogP contribution in [0.2, 0.25) is 0 Å². The molecule has 1 heterocycles. The predicted molar refractivity (Wildman–Crippen MR) is 66.8 cm³/mol. The quantitative estimate of drug-likeness (QED) is 0.863. The van der Waals surface area contributed by atoms with E-state index in [1.807, 2.05) is 19.9 Å². The van der Waals surface area contributed by atoms with Crippen LogP contribution < -0.4 is 5.32 Å². The van der Waals surface area contributed by atoms with Crippen LogP contribution in [0.3, 0.4) is 0 Å². The number of halogens is 1. The summed E-state index contributed by atoms with van der Waals surface area (Å²) < 4.78 is 6.04. The molecule has 0 fully saturated rings. The van der Waals surface area contributed by atoms with Gasteiger partial charge < -0.3 is 10.1 Å². The molecular formula is C10H13IN2O2. The third-order valence-electron chi connectivity index (χ3n) is 1.74. The fraction of sp³-hybridized carbons (Fsp3) is 0.400. The lowest BCUT2D eigenvalue weighted by molar-refractivity contribution is -0.120. The van der Waals surface area contributed by atoms with Crippen LogP contribution in [0.15, 0.2) is 12.3 Å². The minimum atomic E-state index is -0.173. The van der Waals surface area contributed by atoms with Gasteiger partial charge in [-0.2, -0.15) is 0 Å². The number of amides is 1. The summed E-state index contributed by atoms with van der Waals surface area (Å²) in [5, 5.41) is 2.69. The SMILES string of the molecule is CCOCC(=O)Nc1ncc(I)cc1C. The van der Waals surface area contributed by atoms with Crippen molar-refractivity contribution < 1.29 is 9.53 Å². The summed E-state index contributed by atoms with van der Waals surface area (Å²) in [7, 11) is 0. The maximum atomic E-state index is 11.3. The van der Waals surface area contributed by atoms with E-state index >= 15 is 0 Å². The van der Waals surface area contributed by atoms with E-state index < -0.39 is 0 Å². The van der Waals surface area contributed by atoms with Gasteiger partial charge in [-0.1, -0.05) is 0 Å². The van der Waals surface area contributed by atoms with Crippen molar-refractivity contribution in [1.29, 1.82) is 0 Å². The van der Waals surface area contributed by atoms with Crippen molar-refractivity contribution >= 4 is 34.3 Å². The number of pyridine rings is 1. The first kappa shape index (κ1) is 12.4. The van der Waals surface area contributed by atoms with Gasteiger partial charge in [0.1, 0.15) is 12.4 Å². The summed E-state index contributed by atoms with van der Waals surface area (Å²) in [6, 6.07) is 1.96. The normalized spacial score (nSPS) is 10.1. The molecule has 5 heteroatoms. The highest BCUT2D eigenvalue weighted by Gasteiger charge is 2.05. The van der Waals surface area contributed by atoms with E-state index in [-0.39, 0.29) is 12.5 Å². The maximum Gasteiger partial charge on any atom is 0.251 e. The van der Waals surface area contributed by atoms with Crippen LogP contribution in [0.25, 0.3) is 0 Å². The molecule has 1 aromatic rings. The monoisotopic (exact) mass is 320 g/mol. The molecule has 0 saturated heterocycles. The minimum absolute atomic E-state index is 0.0730. The Morgan fingerprint density at radius 3 is 3.00 bits per heavy atom. The van der Waals surface area contributed by atoms with E-state index in [2.05, 4.69) is 32.9 Å². The van der Waals surface area contributed by atoms with Gasteiger partial charge in [-0.05, 0) is 48.1 Å². The Balaban J connectivity index is 2.60.